The summed E-state index contributed by atoms with van der Waals surface area (Å²) in [6, 6.07) is 2.80. The summed E-state index contributed by atoms with van der Waals surface area (Å²) in [6.07, 6.45) is 3.54. The second-order valence-corrected chi connectivity index (χ2v) is 22.0. The zero-order chi connectivity index (χ0) is 53.1. The van der Waals surface area contributed by atoms with Crippen LogP contribution in [-0.4, -0.2) is 162 Å². The fourth-order valence-electron chi connectivity index (χ4n) is 10.4. The van der Waals surface area contributed by atoms with Crippen LogP contribution in [0, 0.1) is 17.8 Å². The minimum atomic E-state index is -1.85. The first-order valence-electron chi connectivity index (χ1n) is 24.9. The molecule has 4 saturated heterocycles. The van der Waals surface area contributed by atoms with Gasteiger partial charge >= 0.3 is 18.0 Å². The molecule has 5 heterocycles. The lowest BCUT2D eigenvalue weighted by atomic mass is 9.82. The fourth-order valence-corrected chi connectivity index (χ4v) is 11.8. The van der Waals surface area contributed by atoms with Crippen molar-refractivity contribution in [1.29, 1.82) is 0 Å². The number of hydrogen-bond acceptors (Lipinski definition) is 17. The first-order chi connectivity index (χ1) is 34.6. The number of carbonyl (C=O) groups is 8. The summed E-state index contributed by atoms with van der Waals surface area (Å²) < 4.78 is 29.6. The van der Waals surface area contributed by atoms with E-state index in [0.29, 0.717) is 67.3 Å². The van der Waals surface area contributed by atoms with Crippen LogP contribution in [0.25, 0.3) is 0 Å². The number of nitrogens with zero attached hydrogens (tertiary/aromatic N) is 4. The molecule has 0 radical (unpaired) electrons. The van der Waals surface area contributed by atoms with Gasteiger partial charge in [0.2, 0.25) is 17.7 Å². The van der Waals surface area contributed by atoms with Gasteiger partial charge in [-0.3, -0.25) is 43.9 Å². The smallest absolute Gasteiger partial charge is 0.409 e. The van der Waals surface area contributed by atoms with E-state index in [0.717, 1.165) is 11.1 Å². The van der Waals surface area contributed by atoms with E-state index in [1.165, 1.54) is 35.8 Å². The van der Waals surface area contributed by atoms with Gasteiger partial charge in [-0.15, -0.1) is 16.8 Å². The number of benzene rings is 1. The van der Waals surface area contributed by atoms with Crippen molar-refractivity contribution in [1.82, 2.24) is 20.2 Å². The molecular weight excluding hydrogens is 990 g/mol. The molecule has 5 fully saturated rings. The van der Waals surface area contributed by atoms with Crippen molar-refractivity contribution in [2.75, 3.05) is 52.1 Å². The number of carbonyl (C=O) groups excluding carboxylic acids is 8. The number of hydrogen-bond donors (Lipinski definition) is 2. The van der Waals surface area contributed by atoms with Crippen LogP contribution in [0.5, 0.6) is 5.75 Å². The van der Waals surface area contributed by atoms with Crippen molar-refractivity contribution in [2.45, 2.75) is 145 Å². The zero-order valence-corrected chi connectivity index (χ0v) is 44.3. The predicted octanol–water partition coefficient (Wildman–Crippen LogP) is 4.65. The Morgan fingerprint density at radius 2 is 1.73 bits per heavy atom. The summed E-state index contributed by atoms with van der Waals surface area (Å²) in [6.45, 7) is 7.83. The van der Waals surface area contributed by atoms with Crippen molar-refractivity contribution in [3.63, 3.8) is 0 Å². The average molecular weight is 1060 g/mol. The second-order valence-electron chi connectivity index (χ2n) is 20.3. The van der Waals surface area contributed by atoms with Crippen LogP contribution in [-0.2, 0) is 63.8 Å². The summed E-state index contributed by atoms with van der Waals surface area (Å²) in [7, 11) is 6.26. The molecule has 1 aromatic carbocycles. The van der Waals surface area contributed by atoms with Crippen LogP contribution in [0.4, 0.5) is 10.5 Å². The first kappa shape index (κ1) is 55.7. The lowest BCUT2D eigenvalue weighted by Gasteiger charge is -2.42. The SMILES string of the molecule is COc1cc2cc(c1Cl)N(C)C(=O)C[C@H](OC(=O)[C@H](C)N(C)CCCSC1CC(=O)N(C[C@H]3CC[C@H](C(=O)ON4C(=O)CCC4=O)CC3)C1=O)[C@]1(C)O[C@H]1[C@H](C)[C@@H]1C[C@@](O)(NC(=O)O1)[C@H](OC)/C=C/C=C(\C)C2. The molecule has 0 aromatic heterocycles. The van der Waals surface area contributed by atoms with Crippen molar-refractivity contribution in [3.05, 3.63) is 46.5 Å². The van der Waals surface area contributed by atoms with Crippen molar-refractivity contribution < 1.29 is 72.0 Å². The summed E-state index contributed by atoms with van der Waals surface area (Å²) in [4.78, 5) is 114. The Hall–Kier alpha value is -5.06. The predicted molar refractivity (Wildman–Crippen MR) is 266 cm³/mol. The van der Waals surface area contributed by atoms with Gasteiger partial charge in [0.1, 0.15) is 40.7 Å². The Labute approximate surface area is 434 Å². The number of methoxy groups -OCH3 is 2. The van der Waals surface area contributed by atoms with Crippen LogP contribution in [0.1, 0.15) is 97.5 Å². The third-order valence-electron chi connectivity index (χ3n) is 15.2. The highest BCUT2D eigenvalue weighted by Crippen LogP contribution is 2.49. The van der Waals surface area contributed by atoms with Gasteiger partial charge in [-0.2, -0.15) is 0 Å². The summed E-state index contributed by atoms with van der Waals surface area (Å²) >= 11 is 8.22. The largest absolute Gasteiger partial charge is 0.495 e. The van der Waals surface area contributed by atoms with Gasteiger partial charge in [-0.05, 0) is 102 Å². The van der Waals surface area contributed by atoms with E-state index in [2.05, 4.69) is 5.32 Å². The molecule has 20 nitrogen and oxygen atoms in total. The maximum absolute atomic E-state index is 14.4. The number of rotatable bonds is 14. The lowest BCUT2D eigenvalue weighted by molar-refractivity contribution is -0.201. The molecule has 7 rings (SSSR count). The molecule has 1 saturated carbocycles. The topological polar surface area (TPSA) is 240 Å². The molecule has 0 spiro atoms. The van der Waals surface area contributed by atoms with Gasteiger partial charge in [0.05, 0.1) is 36.5 Å². The number of likely N-dealkylation sites (tertiary alicyclic amines) is 1. The number of anilines is 1. The number of thioether (sulfide) groups is 1. The van der Waals surface area contributed by atoms with Gasteiger partial charge in [-0.25, -0.2) is 9.59 Å². The van der Waals surface area contributed by atoms with E-state index in [1.807, 2.05) is 17.9 Å². The molecule has 22 heteroatoms. The van der Waals surface area contributed by atoms with Gasteiger partial charge < -0.3 is 38.5 Å². The molecular formula is C51H68ClN5O15S. The number of nitrogens with one attached hydrogen (secondary N) is 1. The molecule has 2 N–H and O–H groups in total. The molecule has 4 bridgehead atoms. The standard InChI is InChI=1S/C51H68ClN5O15S/c1-28-11-9-12-38(68-8)51(66)26-36(69-49(65)53-51)29(2)45-50(4,71-45)39(25-42(60)55(6)34-22-32(21-28)23-35(67-7)44(34)52)70-47(63)30(3)54(5)19-10-20-73-37-24-43(61)56(46(37)62)27-31-13-15-33(16-14-31)48(64)72-57-40(58)17-18-41(57)59/h9,11-12,22-23,29-31,33,36-39,45,66H,10,13-21,24-27H2,1-8H3,(H,53,65)/b12-9+,28-11+/t29-,30+,31-,33-,36+,37?,38-,39+,45+,50+,51+/m1/s1. The van der Waals surface area contributed by atoms with Crippen LogP contribution in [0.15, 0.2) is 35.9 Å². The molecule has 6 aliphatic rings. The number of halogens is 1. The lowest BCUT2D eigenvalue weighted by Crippen LogP contribution is -2.63. The highest BCUT2D eigenvalue weighted by atomic mass is 35.5. The molecule has 1 aliphatic carbocycles. The second kappa shape index (κ2) is 23.2. The minimum absolute atomic E-state index is 0.00504. The molecule has 9 atom stereocenters. The zero-order valence-electron chi connectivity index (χ0n) is 42.7. The Morgan fingerprint density at radius 3 is 2.40 bits per heavy atom. The van der Waals surface area contributed by atoms with Gasteiger partial charge in [0, 0.05) is 52.3 Å². The van der Waals surface area contributed by atoms with Crippen molar-refractivity contribution >= 4 is 76.6 Å². The van der Waals surface area contributed by atoms with Crippen molar-refractivity contribution in [3.8, 4) is 5.75 Å². The third-order valence-corrected chi connectivity index (χ3v) is 16.9. The number of allylic oxidation sites excluding steroid dienone is 3. The minimum Gasteiger partial charge on any atom is -0.495 e. The van der Waals surface area contributed by atoms with E-state index in [-0.39, 0.29) is 61.4 Å². The fraction of sp³-hybridized carbons (Fsp3) is 0.647. The number of likely N-dealkylation sites (N-methyl/N-ethyl adjacent to an activating group) is 1. The van der Waals surface area contributed by atoms with E-state index >= 15 is 0 Å². The number of aliphatic hydroxyl groups is 1. The Morgan fingerprint density at radius 1 is 1.03 bits per heavy atom. The maximum atomic E-state index is 14.4. The van der Waals surface area contributed by atoms with Crippen molar-refractivity contribution in [2.24, 2.45) is 17.8 Å². The molecule has 1 aromatic rings. The van der Waals surface area contributed by atoms with E-state index in [4.69, 9.17) is 40.1 Å². The van der Waals surface area contributed by atoms with Gasteiger partial charge in [-0.1, -0.05) is 42.3 Å². The summed E-state index contributed by atoms with van der Waals surface area (Å²) in [5.41, 5.74) is -0.994. The number of epoxide rings is 1. The maximum Gasteiger partial charge on any atom is 0.409 e. The molecule has 73 heavy (non-hydrogen) atoms. The molecule has 5 aliphatic heterocycles. The number of fused-ring (bicyclic) bond motifs is 5. The van der Waals surface area contributed by atoms with Gasteiger partial charge in [0.15, 0.2) is 5.72 Å². The van der Waals surface area contributed by atoms with Crippen LogP contribution in [0.3, 0.4) is 0 Å². The normalized spacial score (nSPS) is 32.6. The third kappa shape index (κ3) is 12.6. The quantitative estimate of drug-likeness (QED) is 0.112. The molecule has 400 valence electrons. The van der Waals surface area contributed by atoms with E-state index in [1.54, 1.807) is 59.2 Å². The average Bonchev–Trinajstić information content (AvgIpc) is 3.86. The molecule has 1 unspecified atom stereocenters. The number of esters is 1. The van der Waals surface area contributed by atoms with E-state index in [9.17, 15) is 43.5 Å². The highest BCUT2D eigenvalue weighted by Gasteiger charge is 2.64. The van der Waals surface area contributed by atoms with E-state index < -0.39 is 94.6 Å². The number of alkyl carbamates (subject to hydrolysis) is 1. The highest BCUT2D eigenvalue weighted by molar-refractivity contribution is 8.00. The Kier molecular flexibility index (Phi) is 17.7. The number of imide groups is 2. The van der Waals surface area contributed by atoms with Gasteiger partial charge in [0.25, 0.3) is 11.8 Å². The van der Waals surface area contributed by atoms with Crippen LogP contribution >= 0.6 is 23.4 Å². The Balaban J connectivity index is 0.969. The number of amides is 6. The van der Waals surface area contributed by atoms with Crippen LogP contribution in [0.2, 0.25) is 5.02 Å². The Bertz CT molecular complexity index is 2380. The number of hydroxylamine groups is 2. The summed E-state index contributed by atoms with van der Waals surface area (Å²) in [5, 5.41) is 14.6. The summed E-state index contributed by atoms with van der Waals surface area (Å²) in [5.74, 6) is -3.38. The number of ether oxygens (including phenoxy) is 5. The molecule has 6 amide bonds. The van der Waals surface area contributed by atoms with Crippen LogP contribution < -0.4 is 15.0 Å². The first-order valence-corrected chi connectivity index (χ1v) is 26.3. The monoisotopic (exact) mass is 1060 g/mol.